The van der Waals surface area contributed by atoms with E-state index < -0.39 is 15.9 Å². The Hall–Kier alpha value is -2.75. The first-order valence-electron chi connectivity index (χ1n) is 8.60. The highest BCUT2D eigenvalue weighted by molar-refractivity contribution is 7.89. The van der Waals surface area contributed by atoms with Gasteiger partial charge in [0.15, 0.2) is 0 Å². The van der Waals surface area contributed by atoms with E-state index in [0.717, 1.165) is 0 Å². The van der Waals surface area contributed by atoms with Crippen molar-refractivity contribution in [3.8, 4) is 0 Å². The van der Waals surface area contributed by atoms with E-state index in [-0.39, 0.29) is 16.4 Å². The number of anilines is 1. The molecule has 0 radical (unpaired) electrons. The van der Waals surface area contributed by atoms with Crippen molar-refractivity contribution < 1.29 is 22.7 Å². The fourth-order valence-electron chi connectivity index (χ4n) is 2.42. The van der Waals surface area contributed by atoms with Crippen LogP contribution in [0.1, 0.15) is 27.1 Å². The standard InChI is InChI=1S/C19H23N3O5S/c1-20-28(25,26)15-8-5-7-14(13-15)18(23)22-17-10-4-3-9-16(17)19(24)21-11-6-12-27-2/h3-5,7-10,13,20H,6,11-12H2,1-2H3,(H,21,24)(H,22,23). The van der Waals surface area contributed by atoms with Crippen LogP contribution in [0.5, 0.6) is 0 Å². The maximum Gasteiger partial charge on any atom is 0.255 e. The minimum absolute atomic E-state index is 0.0215. The Morgan fingerprint density at radius 3 is 2.50 bits per heavy atom. The van der Waals surface area contributed by atoms with Crippen molar-refractivity contribution in [3.63, 3.8) is 0 Å². The van der Waals surface area contributed by atoms with Gasteiger partial charge in [0.25, 0.3) is 11.8 Å². The molecule has 0 aromatic heterocycles. The summed E-state index contributed by atoms with van der Waals surface area (Å²) in [4.78, 5) is 24.9. The largest absolute Gasteiger partial charge is 0.385 e. The number of nitrogens with one attached hydrogen (secondary N) is 3. The Morgan fingerprint density at radius 2 is 1.79 bits per heavy atom. The summed E-state index contributed by atoms with van der Waals surface area (Å²) < 4.78 is 31.0. The first kappa shape index (κ1) is 21.5. The van der Waals surface area contributed by atoms with Gasteiger partial charge >= 0.3 is 0 Å². The summed E-state index contributed by atoms with van der Waals surface area (Å²) in [5, 5.41) is 5.43. The van der Waals surface area contributed by atoms with Gasteiger partial charge in [0.1, 0.15) is 0 Å². The Labute approximate surface area is 164 Å². The van der Waals surface area contributed by atoms with Gasteiger partial charge in [0.2, 0.25) is 10.0 Å². The highest BCUT2D eigenvalue weighted by Gasteiger charge is 2.16. The summed E-state index contributed by atoms with van der Waals surface area (Å²) >= 11 is 0. The summed E-state index contributed by atoms with van der Waals surface area (Å²) in [5.41, 5.74) is 0.803. The molecule has 0 atom stereocenters. The fourth-order valence-corrected chi connectivity index (χ4v) is 3.20. The zero-order chi connectivity index (χ0) is 20.6. The number of para-hydroxylation sites is 1. The minimum atomic E-state index is -3.67. The van der Waals surface area contributed by atoms with Crippen LogP contribution in [0.4, 0.5) is 5.69 Å². The second-order valence-corrected chi connectivity index (χ2v) is 7.72. The van der Waals surface area contributed by atoms with Gasteiger partial charge in [0.05, 0.1) is 16.1 Å². The molecule has 2 rings (SSSR count). The molecule has 9 heteroatoms. The molecule has 0 bridgehead atoms. The molecule has 8 nitrogen and oxygen atoms in total. The van der Waals surface area contributed by atoms with E-state index in [1.807, 2.05) is 0 Å². The topological polar surface area (TPSA) is 114 Å². The lowest BCUT2D eigenvalue weighted by Crippen LogP contribution is -2.26. The number of methoxy groups -OCH3 is 1. The average Bonchev–Trinajstić information content (AvgIpc) is 2.71. The van der Waals surface area contributed by atoms with Crippen LogP contribution in [-0.4, -0.2) is 47.5 Å². The Kier molecular flexibility index (Phi) is 7.68. The smallest absolute Gasteiger partial charge is 0.255 e. The van der Waals surface area contributed by atoms with Crippen molar-refractivity contribution in [2.24, 2.45) is 0 Å². The lowest BCUT2D eigenvalue weighted by atomic mass is 10.1. The second-order valence-electron chi connectivity index (χ2n) is 5.84. The van der Waals surface area contributed by atoms with Crippen molar-refractivity contribution >= 4 is 27.5 Å². The number of benzene rings is 2. The first-order chi connectivity index (χ1) is 13.4. The van der Waals surface area contributed by atoms with Crippen LogP contribution in [0.15, 0.2) is 53.4 Å². The molecule has 0 aliphatic heterocycles. The average molecular weight is 405 g/mol. The van der Waals surface area contributed by atoms with E-state index in [1.165, 1.54) is 31.3 Å². The molecule has 0 saturated heterocycles. The monoisotopic (exact) mass is 405 g/mol. The van der Waals surface area contributed by atoms with Gasteiger partial charge in [-0.15, -0.1) is 0 Å². The van der Waals surface area contributed by atoms with Gasteiger partial charge in [-0.3, -0.25) is 9.59 Å². The van der Waals surface area contributed by atoms with Crippen molar-refractivity contribution in [1.82, 2.24) is 10.0 Å². The van der Waals surface area contributed by atoms with Crippen LogP contribution in [0, 0.1) is 0 Å². The van der Waals surface area contributed by atoms with Gasteiger partial charge < -0.3 is 15.4 Å². The quantitative estimate of drug-likeness (QED) is 0.549. The van der Waals surface area contributed by atoms with Crippen LogP contribution < -0.4 is 15.4 Å². The number of ether oxygens (including phenoxy) is 1. The number of carbonyl (C=O) groups is 2. The molecule has 150 valence electrons. The Morgan fingerprint density at radius 1 is 1.04 bits per heavy atom. The molecule has 0 unspecified atom stereocenters. The third-order valence-corrected chi connectivity index (χ3v) is 5.32. The molecular formula is C19H23N3O5S. The van der Waals surface area contributed by atoms with Gasteiger partial charge in [-0.05, 0) is 43.8 Å². The predicted molar refractivity (Wildman–Crippen MR) is 106 cm³/mol. The fraction of sp³-hybridized carbons (Fsp3) is 0.263. The predicted octanol–water partition coefficient (Wildman–Crippen LogP) is 1.61. The number of hydrogen-bond acceptors (Lipinski definition) is 5. The highest BCUT2D eigenvalue weighted by atomic mass is 32.2. The van der Waals surface area contributed by atoms with Crippen molar-refractivity contribution in [1.29, 1.82) is 0 Å². The van der Waals surface area contributed by atoms with Crippen LogP contribution >= 0.6 is 0 Å². The third kappa shape index (κ3) is 5.62. The Bertz CT molecular complexity index is 944. The molecule has 0 fully saturated rings. The van der Waals surface area contributed by atoms with E-state index >= 15 is 0 Å². The van der Waals surface area contributed by atoms with E-state index in [0.29, 0.717) is 30.8 Å². The molecule has 0 aliphatic rings. The molecule has 2 aromatic rings. The summed E-state index contributed by atoms with van der Waals surface area (Å²) in [6, 6.07) is 12.2. The summed E-state index contributed by atoms with van der Waals surface area (Å²) in [7, 11) is -0.786. The lowest BCUT2D eigenvalue weighted by molar-refractivity contribution is 0.0949. The van der Waals surface area contributed by atoms with Gasteiger partial charge in [-0.1, -0.05) is 18.2 Å². The number of amides is 2. The zero-order valence-electron chi connectivity index (χ0n) is 15.7. The SMILES string of the molecule is CNS(=O)(=O)c1cccc(C(=O)Nc2ccccc2C(=O)NCCCOC)c1. The van der Waals surface area contributed by atoms with E-state index in [2.05, 4.69) is 15.4 Å². The van der Waals surface area contributed by atoms with Crippen LogP contribution in [0.25, 0.3) is 0 Å². The molecule has 0 spiro atoms. The third-order valence-electron chi connectivity index (χ3n) is 3.91. The van der Waals surface area contributed by atoms with Gasteiger partial charge in [0, 0.05) is 25.8 Å². The number of sulfonamides is 1. The van der Waals surface area contributed by atoms with Gasteiger partial charge in [-0.25, -0.2) is 13.1 Å². The molecular weight excluding hydrogens is 382 g/mol. The van der Waals surface area contributed by atoms with Crippen LogP contribution in [0.3, 0.4) is 0 Å². The molecule has 3 N–H and O–H groups in total. The first-order valence-corrected chi connectivity index (χ1v) is 10.1. The molecule has 0 aliphatic carbocycles. The molecule has 2 aromatic carbocycles. The van der Waals surface area contributed by atoms with E-state index in [4.69, 9.17) is 4.74 Å². The normalized spacial score (nSPS) is 11.1. The molecule has 0 heterocycles. The second kappa shape index (κ2) is 9.98. The highest BCUT2D eigenvalue weighted by Crippen LogP contribution is 2.18. The minimum Gasteiger partial charge on any atom is -0.385 e. The summed E-state index contributed by atoms with van der Waals surface area (Å²) in [6.07, 6.45) is 0.670. The number of hydrogen-bond donors (Lipinski definition) is 3. The maximum atomic E-state index is 12.6. The van der Waals surface area contributed by atoms with Gasteiger partial charge in [-0.2, -0.15) is 0 Å². The Balaban J connectivity index is 2.17. The summed E-state index contributed by atoms with van der Waals surface area (Å²) in [6.45, 7) is 0.976. The number of carbonyl (C=O) groups excluding carboxylic acids is 2. The summed E-state index contributed by atoms with van der Waals surface area (Å²) in [5.74, 6) is -0.841. The van der Waals surface area contributed by atoms with E-state index in [9.17, 15) is 18.0 Å². The number of rotatable bonds is 9. The van der Waals surface area contributed by atoms with Crippen molar-refractivity contribution in [2.75, 3.05) is 32.6 Å². The zero-order valence-corrected chi connectivity index (χ0v) is 16.5. The lowest BCUT2D eigenvalue weighted by Gasteiger charge is -2.12. The molecule has 0 saturated carbocycles. The molecule has 2 amide bonds. The van der Waals surface area contributed by atoms with Crippen LogP contribution in [-0.2, 0) is 14.8 Å². The van der Waals surface area contributed by atoms with Crippen molar-refractivity contribution in [3.05, 3.63) is 59.7 Å². The van der Waals surface area contributed by atoms with E-state index in [1.54, 1.807) is 31.4 Å². The maximum absolute atomic E-state index is 12.6. The molecule has 28 heavy (non-hydrogen) atoms. The van der Waals surface area contributed by atoms with Crippen LogP contribution in [0.2, 0.25) is 0 Å². The van der Waals surface area contributed by atoms with Crippen molar-refractivity contribution in [2.45, 2.75) is 11.3 Å².